The van der Waals surface area contributed by atoms with Crippen LogP contribution in [-0.4, -0.2) is 34.9 Å². The highest BCUT2D eigenvalue weighted by atomic mass is 16.1. The number of aromatic nitrogens is 1. The van der Waals surface area contributed by atoms with Gasteiger partial charge < -0.3 is 9.47 Å². The number of likely N-dealkylation sites (N-methyl/N-ethyl adjacent to an activating group) is 1. The smallest absolute Gasteiger partial charge is 0.163 e. The molecule has 2 aliphatic rings. The molecule has 2 aliphatic carbocycles. The number of rotatable bonds is 5. The van der Waals surface area contributed by atoms with E-state index < -0.39 is 0 Å². The van der Waals surface area contributed by atoms with Crippen molar-refractivity contribution in [2.24, 2.45) is 0 Å². The molecule has 5 rings (SSSR count). The van der Waals surface area contributed by atoms with Crippen LogP contribution in [0.4, 0.5) is 0 Å². The minimum atomic E-state index is 0.323. The second-order valence-electron chi connectivity index (χ2n) is 8.04. The first-order chi connectivity index (χ1) is 13.2. The molecule has 0 fully saturated rings. The zero-order valence-electron chi connectivity index (χ0n) is 16.5. The van der Waals surface area contributed by atoms with Gasteiger partial charge in [-0.25, -0.2) is 0 Å². The van der Waals surface area contributed by atoms with E-state index in [1.165, 1.54) is 52.2 Å². The Morgan fingerprint density at radius 3 is 2.41 bits per heavy atom. The largest absolute Gasteiger partial charge is 0.339 e. The summed E-state index contributed by atoms with van der Waals surface area (Å²) >= 11 is 0. The Morgan fingerprint density at radius 1 is 0.889 bits per heavy atom. The number of fused-ring (bicyclic) bond motifs is 7. The van der Waals surface area contributed by atoms with Crippen LogP contribution in [0.25, 0.3) is 21.8 Å². The second kappa shape index (κ2) is 6.49. The molecule has 0 spiro atoms. The number of Topliss-reactive ketones (excluding diaryl/α,β-unsaturated/α-hetero) is 1. The Balaban J connectivity index is 1.78. The van der Waals surface area contributed by atoms with Crippen LogP contribution in [0, 0.1) is 0 Å². The lowest BCUT2D eigenvalue weighted by molar-refractivity contribution is 0.0994. The number of nitrogens with zero attached hydrogens (tertiary/aromatic N) is 2. The first kappa shape index (κ1) is 17.0. The molecule has 0 amide bonds. The van der Waals surface area contributed by atoms with Crippen LogP contribution < -0.4 is 0 Å². The van der Waals surface area contributed by atoms with Crippen LogP contribution in [0.2, 0.25) is 0 Å². The van der Waals surface area contributed by atoms with E-state index in [0.717, 1.165) is 38.2 Å². The van der Waals surface area contributed by atoms with Gasteiger partial charge in [-0.2, -0.15) is 0 Å². The minimum absolute atomic E-state index is 0.323. The molecule has 140 valence electrons. The van der Waals surface area contributed by atoms with Gasteiger partial charge >= 0.3 is 0 Å². The van der Waals surface area contributed by atoms with Crippen molar-refractivity contribution >= 4 is 27.6 Å². The fourth-order valence-corrected chi connectivity index (χ4v) is 5.34. The molecule has 27 heavy (non-hydrogen) atoms. The third-order valence-corrected chi connectivity index (χ3v) is 6.82. The third-order valence-electron chi connectivity index (χ3n) is 6.82. The van der Waals surface area contributed by atoms with Crippen molar-refractivity contribution in [1.82, 2.24) is 9.47 Å². The zero-order chi connectivity index (χ0) is 18.5. The maximum atomic E-state index is 12.4. The Kier molecular flexibility index (Phi) is 4.08. The summed E-state index contributed by atoms with van der Waals surface area (Å²) in [5.41, 5.74) is 8.04. The summed E-state index contributed by atoms with van der Waals surface area (Å²) < 4.78 is 2.52. The van der Waals surface area contributed by atoms with Crippen molar-refractivity contribution in [3.63, 3.8) is 0 Å². The van der Waals surface area contributed by atoms with Crippen molar-refractivity contribution in [2.45, 2.75) is 52.5 Å². The molecule has 0 aliphatic heterocycles. The first-order valence-corrected chi connectivity index (χ1v) is 10.6. The Labute approximate surface area is 161 Å². The quantitative estimate of drug-likeness (QED) is 0.656. The van der Waals surface area contributed by atoms with E-state index >= 15 is 0 Å². The van der Waals surface area contributed by atoms with Gasteiger partial charge in [0.15, 0.2) is 5.78 Å². The molecule has 0 saturated heterocycles. The van der Waals surface area contributed by atoms with Gasteiger partial charge in [0, 0.05) is 46.9 Å². The van der Waals surface area contributed by atoms with E-state index in [-0.39, 0.29) is 0 Å². The number of aryl methyl sites for hydroxylation is 3. The molecule has 0 saturated carbocycles. The lowest BCUT2D eigenvalue weighted by Crippen LogP contribution is -2.26. The molecule has 0 N–H and O–H groups in total. The number of hydrogen-bond acceptors (Lipinski definition) is 2. The normalized spacial score (nSPS) is 16.0. The van der Waals surface area contributed by atoms with Crippen LogP contribution in [0.5, 0.6) is 0 Å². The van der Waals surface area contributed by atoms with Crippen molar-refractivity contribution in [2.75, 3.05) is 19.6 Å². The molecular formula is C24H28N2O. The zero-order valence-corrected chi connectivity index (χ0v) is 16.5. The predicted octanol–water partition coefficient (Wildman–Crippen LogP) is 4.75. The Hall–Kier alpha value is -2.13. The maximum absolute atomic E-state index is 12.4. The molecule has 0 atom stereocenters. The number of carbonyl (C=O) groups is 1. The van der Waals surface area contributed by atoms with Gasteiger partial charge in [0.25, 0.3) is 0 Å². The molecule has 0 radical (unpaired) electrons. The first-order valence-electron chi connectivity index (χ1n) is 10.6. The highest BCUT2D eigenvalue weighted by Crippen LogP contribution is 2.41. The molecule has 0 bridgehead atoms. The molecule has 3 heteroatoms. The van der Waals surface area contributed by atoms with Gasteiger partial charge in [-0.15, -0.1) is 0 Å². The van der Waals surface area contributed by atoms with Crippen LogP contribution in [-0.2, 0) is 25.8 Å². The minimum Gasteiger partial charge on any atom is -0.339 e. The fraction of sp³-hybridized carbons (Fsp3) is 0.458. The van der Waals surface area contributed by atoms with E-state index in [2.05, 4.69) is 47.6 Å². The summed E-state index contributed by atoms with van der Waals surface area (Å²) in [6.07, 6.45) is 5.22. The summed E-state index contributed by atoms with van der Waals surface area (Å²) in [4.78, 5) is 14.9. The van der Waals surface area contributed by atoms with Gasteiger partial charge in [0.2, 0.25) is 0 Å². The van der Waals surface area contributed by atoms with E-state index in [1.807, 2.05) is 0 Å². The standard InChI is InChI=1S/C24H28N2O/c1-3-25(4-2)14-15-26-20-11-8-16-6-5-7-17(16)23(20)24-19-10-13-22(27)18(19)9-12-21(24)26/h8-9,11-12H,3-7,10,13-15H2,1-2H3. The molecule has 1 aromatic heterocycles. The highest BCUT2D eigenvalue weighted by Gasteiger charge is 2.27. The summed E-state index contributed by atoms with van der Waals surface area (Å²) in [5, 5.41) is 2.83. The van der Waals surface area contributed by atoms with Gasteiger partial charge in [0.1, 0.15) is 0 Å². The summed E-state index contributed by atoms with van der Waals surface area (Å²) in [6, 6.07) is 8.98. The molecule has 0 unspecified atom stereocenters. The average molecular weight is 361 g/mol. The lowest BCUT2D eigenvalue weighted by atomic mass is 9.98. The summed E-state index contributed by atoms with van der Waals surface area (Å²) in [6.45, 7) is 8.73. The maximum Gasteiger partial charge on any atom is 0.163 e. The number of carbonyl (C=O) groups excluding carboxylic acids is 1. The van der Waals surface area contributed by atoms with Crippen molar-refractivity contribution in [3.05, 3.63) is 46.5 Å². The van der Waals surface area contributed by atoms with E-state index in [1.54, 1.807) is 5.56 Å². The molecule has 3 nitrogen and oxygen atoms in total. The Bertz CT molecular complexity index is 1060. The van der Waals surface area contributed by atoms with Gasteiger partial charge in [-0.3, -0.25) is 4.79 Å². The molecule has 1 heterocycles. The summed E-state index contributed by atoms with van der Waals surface area (Å²) in [5.74, 6) is 0.323. The van der Waals surface area contributed by atoms with Crippen LogP contribution in [0.1, 0.15) is 53.7 Å². The highest BCUT2D eigenvalue weighted by molar-refractivity contribution is 6.16. The topological polar surface area (TPSA) is 25.2 Å². The monoisotopic (exact) mass is 360 g/mol. The second-order valence-corrected chi connectivity index (χ2v) is 8.04. The Morgan fingerprint density at radius 2 is 1.63 bits per heavy atom. The van der Waals surface area contributed by atoms with E-state index in [9.17, 15) is 4.79 Å². The van der Waals surface area contributed by atoms with Crippen molar-refractivity contribution in [1.29, 1.82) is 0 Å². The molecule has 3 aromatic rings. The number of benzene rings is 2. The van der Waals surface area contributed by atoms with E-state index in [4.69, 9.17) is 0 Å². The van der Waals surface area contributed by atoms with Crippen LogP contribution in [0.15, 0.2) is 24.3 Å². The van der Waals surface area contributed by atoms with E-state index in [0.29, 0.717) is 12.2 Å². The fourth-order valence-electron chi connectivity index (χ4n) is 5.34. The van der Waals surface area contributed by atoms with Gasteiger partial charge in [-0.05, 0) is 73.7 Å². The van der Waals surface area contributed by atoms with Crippen LogP contribution in [0.3, 0.4) is 0 Å². The summed E-state index contributed by atoms with van der Waals surface area (Å²) in [7, 11) is 0. The van der Waals surface area contributed by atoms with Crippen LogP contribution >= 0.6 is 0 Å². The lowest BCUT2D eigenvalue weighted by Gasteiger charge is -2.19. The van der Waals surface area contributed by atoms with Crippen molar-refractivity contribution < 1.29 is 4.79 Å². The average Bonchev–Trinajstić information content (AvgIpc) is 3.38. The molecule has 2 aromatic carbocycles. The SMILES string of the molecule is CCN(CC)CCn1c2ccc3c(c2c2c4c(ccc21)C(=O)CC4)CCC3. The van der Waals surface area contributed by atoms with Gasteiger partial charge in [0.05, 0.1) is 0 Å². The number of hydrogen-bond donors (Lipinski definition) is 0. The van der Waals surface area contributed by atoms with Crippen molar-refractivity contribution in [3.8, 4) is 0 Å². The molecular weight excluding hydrogens is 332 g/mol. The number of ketones is 1. The predicted molar refractivity (Wildman–Crippen MR) is 112 cm³/mol. The van der Waals surface area contributed by atoms with Gasteiger partial charge in [-0.1, -0.05) is 19.9 Å². The third kappa shape index (κ3) is 2.48.